The number of nitriles is 1. The van der Waals surface area contributed by atoms with Crippen molar-refractivity contribution < 1.29 is 0 Å². The molecule has 3 nitrogen and oxygen atoms in total. The van der Waals surface area contributed by atoms with Crippen molar-refractivity contribution in [2.45, 2.75) is 0 Å². The first-order valence-corrected chi connectivity index (χ1v) is 1.38. The van der Waals surface area contributed by atoms with Gasteiger partial charge in [-0.3, -0.25) is 0 Å². The lowest BCUT2D eigenvalue weighted by atomic mass is 10.6. The quantitative estimate of drug-likeness (QED) is 0.379. The summed E-state index contributed by atoms with van der Waals surface area (Å²) in [5, 5.41) is 7.81. The molecule has 4 N–H and O–H groups in total. The van der Waals surface area contributed by atoms with Crippen molar-refractivity contribution in [1.82, 2.24) is 0 Å². The van der Waals surface area contributed by atoms with E-state index in [0.29, 0.717) is 0 Å². The number of hydrogen-bond acceptors (Lipinski definition) is 3. The fourth-order valence-electron chi connectivity index (χ4n) is 0.0373. The Morgan fingerprint density at radius 3 is 2.33 bits per heavy atom. The maximum atomic E-state index is 7.81. The number of allylic oxidation sites excluding steroid dienone is 1. The molecule has 0 unspecified atom stereocenters. The summed E-state index contributed by atoms with van der Waals surface area (Å²) in [5.41, 5.74) is 9.67. The van der Waals surface area contributed by atoms with Gasteiger partial charge in [-0.15, -0.1) is 0 Å². The Labute approximate surface area is 35.9 Å². The molecule has 0 saturated carbocycles. The fraction of sp³-hybridized carbons (Fsp3) is 0. The molecule has 3 heteroatoms. The Balaban J connectivity index is 3.61. The van der Waals surface area contributed by atoms with Gasteiger partial charge in [0, 0.05) is 6.20 Å². The first-order chi connectivity index (χ1) is 2.81. The van der Waals surface area contributed by atoms with Gasteiger partial charge in [-0.2, -0.15) is 5.26 Å². The zero-order valence-electron chi connectivity index (χ0n) is 3.18. The Hall–Kier alpha value is -1.17. The largest absolute Gasteiger partial charge is 0.402 e. The van der Waals surface area contributed by atoms with Crippen LogP contribution >= 0.6 is 0 Å². The van der Waals surface area contributed by atoms with E-state index in [1.165, 1.54) is 0 Å². The van der Waals surface area contributed by atoms with Gasteiger partial charge in [0.25, 0.3) is 0 Å². The zero-order valence-corrected chi connectivity index (χ0v) is 3.18. The first-order valence-electron chi connectivity index (χ1n) is 1.38. The van der Waals surface area contributed by atoms with Crippen molar-refractivity contribution in [3.8, 4) is 6.07 Å². The van der Waals surface area contributed by atoms with Crippen LogP contribution in [0.1, 0.15) is 0 Å². The molecular formula is C3H5N3. The lowest BCUT2D eigenvalue weighted by Crippen LogP contribution is -1.95. The number of nitrogens with zero attached hydrogens (tertiary/aromatic N) is 1. The van der Waals surface area contributed by atoms with Crippen LogP contribution in [0.5, 0.6) is 0 Å². The highest BCUT2D eigenvalue weighted by atomic mass is 14.6. The van der Waals surface area contributed by atoms with Gasteiger partial charge in [0.05, 0.1) is 0 Å². The highest BCUT2D eigenvalue weighted by Crippen LogP contribution is 1.66. The molecule has 0 amide bonds. The van der Waals surface area contributed by atoms with Crippen LogP contribution in [-0.2, 0) is 0 Å². The lowest BCUT2D eigenvalue weighted by molar-refractivity contribution is 1.35. The fourth-order valence-corrected chi connectivity index (χ4v) is 0.0373. The van der Waals surface area contributed by atoms with Crippen molar-refractivity contribution in [2.24, 2.45) is 11.5 Å². The molecule has 6 heavy (non-hydrogen) atoms. The van der Waals surface area contributed by atoms with Gasteiger partial charge >= 0.3 is 0 Å². The van der Waals surface area contributed by atoms with E-state index in [1.807, 2.05) is 0 Å². The number of hydrogen-bond donors (Lipinski definition) is 2. The van der Waals surface area contributed by atoms with Gasteiger partial charge in [0.2, 0.25) is 0 Å². The van der Waals surface area contributed by atoms with Crippen molar-refractivity contribution in [3.05, 3.63) is 11.9 Å². The molecule has 0 bridgehead atoms. The van der Waals surface area contributed by atoms with Gasteiger partial charge in [-0.05, 0) is 0 Å². The van der Waals surface area contributed by atoms with Crippen LogP contribution in [0, 0.1) is 11.3 Å². The minimum absolute atomic E-state index is 0.0509. The first kappa shape index (κ1) is 4.83. The van der Waals surface area contributed by atoms with E-state index in [4.69, 9.17) is 16.7 Å². The molecule has 0 aliphatic heterocycles. The molecule has 0 aliphatic rings. The average Bonchev–Trinajstić information content (AvgIpc) is 1.65. The molecule has 0 aliphatic carbocycles. The highest BCUT2D eigenvalue weighted by Gasteiger charge is 1.72. The second-order valence-electron chi connectivity index (χ2n) is 0.734. The van der Waals surface area contributed by atoms with E-state index in [0.717, 1.165) is 6.20 Å². The molecule has 0 heterocycles. The SMILES string of the molecule is N#C/C(N)=C\N. The summed E-state index contributed by atoms with van der Waals surface area (Å²) in [5.74, 6) is 0. The van der Waals surface area contributed by atoms with Crippen LogP contribution in [0.2, 0.25) is 0 Å². The summed E-state index contributed by atoms with van der Waals surface area (Å²) in [4.78, 5) is 0. The van der Waals surface area contributed by atoms with Crippen LogP contribution in [0.15, 0.2) is 11.9 Å². The van der Waals surface area contributed by atoms with Gasteiger partial charge in [-0.1, -0.05) is 0 Å². The molecule has 0 saturated heterocycles. The molecule has 32 valence electrons. The lowest BCUT2D eigenvalue weighted by Gasteiger charge is -1.73. The standard InChI is InChI=1S/C3H5N3/c4-1-3(6)2-5/h1H,4,6H2/b3-1+. The molecule has 0 atom stereocenters. The predicted octanol–water partition coefficient (Wildman–Crippen LogP) is -0.731. The summed E-state index contributed by atoms with van der Waals surface area (Å²) in [6.45, 7) is 0. The molecule has 0 spiro atoms. The van der Waals surface area contributed by atoms with E-state index in [-0.39, 0.29) is 5.70 Å². The summed E-state index contributed by atoms with van der Waals surface area (Å²) >= 11 is 0. The predicted molar refractivity (Wildman–Crippen MR) is 22.1 cm³/mol. The van der Waals surface area contributed by atoms with Crippen molar-refractivity contribution in [3.63, 3.8) is 0 Å². The van der Waals surface area contributed by atoms with Gasteiger partial charge in [-0.25, -0.2) is 0 Å². The van der Waals surface area contributed by atoms with E-state index in [1.54, 1.807) is 6.07 Å². The number of rotatable bonds is 0. The Morgan fingerprint density at radius 2 is 2.33 bits per heavy atom. The van der Waals surface area contributed by atoms with E-state index in [2.05, 4.69) is 0 Å². The molecule has 0 aromatic carbocycles. The van der Waals surface area contributed by atoms with Crippen molar-refractivity contribution in [1.29, 1.82) is 5.26 Å². The zero-order chi connectivity index (χ0) is 4.99. The third-order valence-electron chi connectivity index (χ3n) is 0.309. The average molecular weight is 83.1 g/mol. The second kappa shape index (κ2) is 2.09. The molecular weight excluding hydrogens is 78.1 g/mol. The highest BCUT2D eigenvalue weighted by molar-refractivity contribution is 5.13. The minimum atomic E-state index is 0.0509. The number of nitrogens with two attached hydrogens (primary N) is 2. The summed E-state index contributed by atoms with van der Waals surface area (Å²) in [6, 6.07) is 1.63. The van der Waals surface area contributed by atoms with Gasteiger partial charge < -0.3 is 11.5 Å². The summed E-state index contributed by atoms with van der Waals surface area (Å²) < 4.78 is 0. The molecule has 0 fully saturated rings. The third kappa shape index (κ3) is 1.18. The van der Waals surface area contributed by atoms with Crippen molar-refractivity contribution in [2.75, 3.05) is 0 Å². The van der Waals surface area contributed by atoms with Gasteiger partial charge in [0.15, 0.2) is 0 Å². The smallest absolute Gasteiger partial charge is 0.126 e. The van der Waals surface area contributed by atoms with Crippen LogP contribution in [-0.4, -0.2) is 0 Å². The van der Waals surface area contributed by atoms with E-state index in [9.17, 15) is 0 Å². The Morgan fingerprint density at radius 1 is 1.83 bits per heavy atom. The van der Waals surface area contributed by atoms with Crippen LogP contribution in [0.25, 0.3) is 0 Å². The van der Waals surface area contributed by atoms with Crippen LogP contribution < -0.4 is 11.5 Å². The molecule has 0 aromatic heterocycles. The Kier molecular flexibility index (Phi) is 1.68. The second-order valence-corrected chi connectivity index (χ2v) is 0.734. The Bertz CT molecular complexity index is 97.1. The maximum Gasteiger partial charge on any atom is 0.126 e. The normalized spacial score (nSPS) is 10.2. The molecule has 0 rings (SSSR count). The molecule has 0 aromatic rings. The third-order valence-corrected chi connectivity index (χ3v) is 0.309. The summed E-state index contributed by atoms with van der Waals surface area (Å²) in [6.07, 6.45) is 1.06. The van der Waals surface area contributed by atoms with Crippen LogP contribution in [0.4, 0.5) is 0 Å². The maximum absolute atomic E-state index is 7.81. The monoisotopic (exact) mass is 83.0 g/mol. The van der Waals surface area contributed by atoms with E-state index < -0.39 is 0 Å². The topological polar surface area (TPSA) is 75.8 Å². The minimum Gasteiger partial charge on any atom is -0.402 e. The van der Waals surface area contributed by atoms with Crippen molar-refractivity contribution >= 4 is 0 Å². The summed E-state index contributed by atoms with van der Waals surface area (Å²) in [7, 11) is 0. The van der Waals surface area contributed by atoms with E-state index >= 15 is 0 Å². The van der Waals surface area contributed by atoms with Crippen LogP contribution in [0.3, 0.4) is 0 Å². The molecule has 0 radical (unpaired) electrons. The van der Waals surface area contributed by atoms with Gasteiger partial charge in [0.1, 0.15) is 11.8 Å².